The summed E-state index contributed by atoms with van der Waals surface area (Å²) in [6.45, 7) is 6.03. The van der Waals surface area contributed by atoms with Crippen molar-refractivity contribution in [3.8, 4) is 0 Å². The number of nitrogens with one attached hydrogen (secondary N) is 1. The van der Waals surface area contributed by atoms with Crippen molar-refractivity contribution < 1.29 is 22.4 Å². The van der Waals surface area contributed by atoms with Gasteiger partial charge in [-0.15, -0.1) is 0 Å². The molecule has 0 radical (unpaired) electrons. The number of carbonyl (C=O) groups excluding carboxylic acids is 2. The second-order valence-corrected chi connectivity index (χ2v) is 13.1. The molecule has 42 heavy (non-hydrogen) atoms. The highest BCUT2D eigenvalue weighted by Gasteiger charge is 2.31. The van der Waals surface area contributed by atoms with Crippen LogP contribution in [-0.2, 0) is 32.6 Å². The third kappa shape index (κ3) is 9.29. The van der Waals surface area contributed by atoms with Crippen LogP contribution in [0.2, 0.25) is 5.02 Å². The first-order chi connectivity index (χ1) is 19.9. The smallest absolute Gasteiger partial charge is 0.243 e. The third-order valence-electron chi connectivity index (χ3n) is 6.91. The molecule has 0 saturated carbocycles. The fourth-order valence-corrected chi connectivity index (χ4v) is 5.82. The van der Waals surface area contributed by atoms with Crippen molar-refractivity contribution in [3.63, 3.8) is 0 Å². The fraction of sp³-hybridized carbons (Fsp3) is 0.375. The van der Waals surface area contributed by atoms with Crippen LogP contribution in [0.3, 0.4) is 0 Å². The highest BCUT2D eigenvalue weighted by molar-refractivity contribution is 7.92. The molecule has 2 amide bonds. The second kappa shape index (κ2) is 15.2. The zero-order chi connectivity index (χ0) is 30.9. The van der Waals surface area contributed by atoms with Gasteiger partial charge in [0.25, 0.3) is 0 Å². The molecule has 0 fully saturated rings. The van der Waals surface area contributed by atoms with E-state index in [2.05, 4.69) is 5.32 Å². The van der Waals surface area contributed by atoms with Gasteiger partial charge in [-0.3, -0.25) is 13.9 Å². The number of anilines is 1. The van der Waals surface area contributed by atoms with Crippen molar-refractivity contribution in [1.29, 1.82) is 0 Å². The Morgan fingerprint density at radius 1 is 0.976 bits per heavy atom. The lowest BCUT2D eigenvalue weighted by atomic mass is 10.0. The Hall–Kier alpha value is -3.43. The number of halogens is 2. The highest BCUT2D eigenvalue weighted by Crippen LogP contribution is 2.28. The summed E-state index contributed by atoms with van der Waals surface area (Å²) < 4.78 is 41.4. The van der Waals surface area contributed by atoms with Crippen LogP contribution in [0.1, 0.15) is 43.4 Å². The van der Waals surface area contributed by atoms with Gasteiger partial charge in [0, 0.05) is 43.1 Å². The monoisotopic (exact) mass is 615 g/mol. The van der Waals surface area contributed by atoms with Crippen molar-refractivity contribution in [3.05, 3.63) is 100 Å². The maximum atomic E-state index is 14.8. The van der Waals surface area contributed by atoms with Gasteiger partial charge in [0.15, 0.2) is 0 Å². The van der Waals surface area contributed by atoms with E-state index >= 15 is 0 Å². The van der Waals surface area contributed by atoms with Gasteiger partial charge in [-0.2, -0.15) is 0 Å². The van der Waals surface area contributed by atoms with Crippen LogP contribution >= 0.6 is 11.6 Å². The van der Waals surface area contributed by atoms with Crippen LogP contribution in [0.25, 0.3) is 0 Å². The molecule has 7 nitrogen and oxygen atoms in total. The highest BCUT2D eigenvalue weighted by atomic mass is 35.5. The molecule has 0 saturated heterocycles. The zero-order valence-corrected chi connectivity index (χ0v) is 26.1. The molecule has 1 unspecified atom stereocenters. The Morgan fingerprint density at radius 3 is 2.29 bits per heavy atom. The van der Waals surface area contributed by atoms with Crippen LogP contribution in [-0.4, -0.2) is 50.5 Å². The molecule has 0 aromatic heterocycles. The van der Waals surface area contributed by atoms with Gasteiger partial charge in [0.05, 0.1) is 11.9 Å². The van der Waals surface area contributed by atoms with Crippen molar-refractivity contribution in [2.24, 2.45) is 5.92 Å². The number of nitrogens with zero attached hydrogens (tertiary/aromatic N) is 2. The number of rotatable bonds is 14. The molecule has 226 valence electrons. The molecule has 3 aromatic rings. The molecule has 0 bridgehead atoms. The molecule has 0 aliphatic heterocycles. The van der Waals surface area contributed by atoms with Crippen LogP contribution < -0.4 is 9.62 Å². The summed E-state index contributed by atoms with van der Waals surface area (Å²) in [5.41, 5.74) is 2.19. The molecular formula is C32H39ClFN3O4S. The molecule has 0 aliphatic rings. The average Bonchev–Trinajstić information content (AvgIpc) is 2.94. The standard InChI is InChI=1S/C32H39ClFN3O4S/c1-23(2)21-35-32(39)30(20-25-12-6-5-7-13-25)36(22-26-14-8-9-16-28(26)34)31(38)18-11-19-37(42(4,40)41)29-17-10-15-27(33)24(29)3/h5-10,12-17,23,30H,11,18-22H2,1-4H3,(H,35,39). The second-order valence-electron chi connectivity index (χ2n) is 10.8. The molecule has 10 heteroatoms. The Bertz CT molecular complexity index is 1470. The minimum Gasteiger partial charge on any atom is -0.354 e. The number of hydrogen-bond donors (Lipinski definition) is 1. The Balaban J connectivity index is 1.91. The molecule has 3 aromatic carbocycles. The van der Waals surface area contributed by atoms with E-state index in [-0.39, 0.29) is 55.6 Å². The SMILES string of the molecule is Cc1c(Cl)cccc1N(CCCC(=O)N(Cc1ccccc1F)C(Cc1ccccc1)C(=O)NCC(C)C)S(C)(=O)=O. The summed E-state index contributed by atoms with van der Waals surface area (Å²) in [6, 6.07) is 19.6. The molecule has 1 atom stereocenters. The van der Waals surface area contributed by atoms with Crippen LogP contribution in [0.5, 0.6) is 0 Å². The summed E-state index contributed by atoms with van der Waals surface area (Å²) in [5, 5.41) is 3.37. The third-order valence-corrected chi connectivity index (χ3v) is 8.50. The lowest BCUT2D eigenvalue weighted by molar-refractivity contribution is -0.141. The van der Waals surface area contributed by atoms with Gasteiger partial charge in [-0.25, -0.2) is 12.8 Å². The first-order valence-corrected chi connectivity index (χ1v) is 16.2. The summed E-state index contributed by atoms with van der Waals surface area (Å²) in [6.07, 6.45) is 1.47. The molecular weight excluding hydrogens is 577 g/mol. The Labute approximate surface area is 253 Å². The van der Waals surface area contributed by atoms with E-state index in [1.807, 2.05) is 44.2 Å². The average molecular weight is 616 g/mol. The van der Waals surface area contributed by atoms with Crippen molar-refractivity contribution >= 4 is 39.1 Å². The molecule has 3 rings (SSSR count). The molecule has 0 spiro atoms. The maximum absolute atomic E-state index is 14.8. The summed E-state index contributed by atoms with van der Waals surface area (Å²) in [7, 11) is -3.68. The van der Waals surface area contributed by atoms with E-state index in [9.17, 15) is 22.4 Å². The lowest BCUT2D eigenvalue weighted by Gasteiger charge is -2.32. The number of hydrogen-bond acceptors (Lipinski definition) is 4. The van der Waals surface area contributed by atoms with Crippen LogP contribution in [0.4, 0.5) is 10.1 Å². The summed E-state index contributed by atoms with van der Waals surface area (Å²) in [5.74, 6) is -0.991. The number of amides is 2. The number of carbonyl (C=O) groups is 2. The predicted molar refractivity (Wildman–Crippen MR) is 166 cm³/mol. The van der Waals surface area contributed by atoms with Crippen LogP contribution in [0, 0.1) is 18.7 Å². The predicted octanol–water partition coefficient (Wildman–Crippen LogP) is 5.75. The van der Waals surface area contributed by atoms with E-state index in [0.717, 1.165) is 11.8 Å². The quantitative estimate of drug-likeness (QED) is 0.250. The molecule has 1 N–H and O–H groups in total. The van der Waals surface area contributed by atoms with E-state index in [0.29, 0.717) is 22.8 Å². The first kappa shape index (κ1) is 33.1. The normalized spacial score (nSPS) is 12.2. The minimum atomic E-state index is -3.68. The van der Waals surface area contributed by atoms with Crippen LogP contribution in [0.15, 0.2) is 72.8 Å². The van der Waals surface area contributed by atoms with Gasteiger partial charge in [0.2, 0.25) is 21.8 Å². The van der Waals surface area contributed by atoms with Crippen molar-refractivity contribution in [2.75, 3.05) is 23.7 Å². The van der Waals surface area contributed by atoms with Gasteiger partial charge in [-0.1, -0.05) is 80.0 Å². The van der Waals surface area contributed by atoms with Gasteiger partial charge >= 0.3 is 0 Å². The van der Waals surface area contributed by atoms with Gasteiger partial charge < -0.3 is 10.2 Å². The topological polar surface area (TPSA) is 86.8 Å². The first-order valence-electron chi connectivity index (χ1n) is 14.0. The molecule has 0 aliphatic carbocycles. The zero-order valence-electron chi connectivity index (χ0n) is 24.5. The van der Waals surface area contributed by atoms with Crippen molar-refractivity contribution in [2.45, 2.75) is 52.6 Å². The van der Waals surface area contributed by atoms with Gasteiger partial charge in [0.1, 0.15) is 11.9 Å². The largest absolute Gasteiger partial charge is 0.354 e. The maximum Gasteiger partial charge on any atom is 0.243 e. The number of sulfonamides is 1. The summed E-state index contributed by atoms with van der Waals surface area (Å²) >= 11 is 6.25. The minimum absolute atomic E-state index is 0.0300. The number of benzene rings is 3. The fourth-order valence-electron chi connectivity index (χ4n) is 4.64. The Kier molecular flexibility index (Phi) is 11.9. The van der Waals surface area contributed by atoms with E-state index < -0.39 is 21.9 Å². The Morgan fingerprint density at radius 2 is 1.64 bits per heavy atom. The van der Waals surface area contributed by atoms with E-state index in [4.69, 9.17) is 11.6 Å². The van der Waals surface area contributed by atoms with Gasteiger partial charge in [-0.05, 0) is 48.6 Å². The summed E-state index contributed by atoms with van der Waals surface area (Å²) in [4.78, 5) is 28.8. The van der Waals surface area contributed by atoms with Crippen molar-refractivity contribution in [1.82, 2.24) is 10.2 Å². The van der Waals surface area contributed by atoms with E-state index in [1.165, 1.54) is 15.3 Å². The van der Waals surface area contributed by atoms with E-state index in [1.54, 1.807) is 43.3 Å². The lowest BCUT2D eigenvalue weighted by Crippen LogP contribution is -2.51. The molecule has 0 heterocycles.